The molecule has 0 aliphatic carbocycles. The normalized spacial score (nSPS) is 17.6. The number of carbonyl (C=O) groups is 1. The highest BCUT2D eigenvalue weighted by Gasteiger charge is 2.25. The third-order valence-electron chi connectivity index (χ3n) is 5.11. The van der Waals surface area contributed by atoms with Crippen molar-refractivity contribution in [2.45, 2.75) is 44.4 Å². The van der Waals surface area contributed by atoms with Gasteiger partial charge in [0.1, 0.15) is 5.75 Å². The second-order valence-corrected chi connectivity index (χ2v) is 6.62. The van der Waals surface area contributed by atoms with Crippen LogP contribution in [0.25, 0.3) is 0 Å². The Kier molecular flexibility index (Phi) is 7.06. The van der Waals surface area contributed by atoms with Crippen LogP contribution in [0.1, 0.15) is 55.6 Å². The third-order valence-corrected chi connectivity index (χ3v) is 5.11. The molecule has 1 atom stereocenters. The van der Waals surface area contributed by atoms with E-state index in [1.807, 2.05) is 19.1 Å². The van der Waals surface area contributed by atoms with Crippen LogP contribution >= 0.6 is 0 Å². The van der Waals surface area contributed by atoms with Crippen LogP contribution in [-0.4, -0.2) is 44.1 Å². The third kappa shape index (κ3) is 4.48. The van der Waals surface area contributed by atoms with Crippen LogP contribution in [0.15, 0.2) is 18.2 Å². The maximum absolute atomic E-state index is 11.7. The molecule has 1 amide bonds. The van der Waals surface area contributed by atoms with Crippen molar-refractivity contribution in [1.82, 2.24) is 4.90 Å². The van der Waals surface area contributed by atoms with E-state index in [4.69, 9.17) is 16.2 Å². The summed E-state index contributed by atoms with van der Waals surface area (Å²) in [6.07, 6.45) is 3.99. The molecular formula is C19H31N3O2. The molecule has 5 nitrogen and oxygen atoms in total. The van der Waals surface area contributed by atoms with Gasteiger partial charge in [-0.05, 0) is 75.0 Å². The van der Waals surface area contributed by atoms with E-state index in [1.54, 1.807) is 7.11 Å². The molecule has 1 aliphatic heterocycles. The number of nitrogens with zero attached hydrogens (tertiary/aromatic N) is 1. The molecule has 0 radical (unpaired) electrons. The topological polar surface area (TPSA) is 81.6 Å². The summed E-state index contributed by atoms with van der Waals surface area (Å²) in [4.78, 5) is 14.2. The summed E-state index contributed by atoms with van der Waals surface area (Å²) in [6, 6.07) is 6.09. The monoisotopic (exact) mass is 333 g/mol. The highest BCUT2D eigenvalue weighted by atomic mass is 16.5. The van der Waals surface area contributed by atoms with E-state index in [1.165, 1.54) is 5.56 Å². The summed E-state index contributed by atoms with van der Waals surface area (Å²) >= 11 is 0. The number of carbonyl (C=O) groups excluding carboxylic acids is 1. The summed E-state index contributed by atoms with van der Waals surface area (Å²) in [7, 11) is 1.71. The Morgan fingerprint density at radius 1 is 1.38 bits per heavy atom. The summed E-state index contributed by atoms with van der Waals surface area (Å²) in [5, 5.41) is 0. The fourth-order valence-corrected chi connectivity index (χ4v) is 3.67. The zero-order valence-electron chi connectivity index (χ0n) is 15.0. The molecule has 2 rings (SSSR count). The van der Waals surface area contributed by atoms with Crippen molar-refractivity contribution in [2.24, 2.45) is 11.5 Å². The SMILES string of the molecule is CCC(C(N)=O)c1ccc(OC)c(C2CCN(CCCN)CC2)c1. The van der Waals surface area contributed by atoms with Gasteiger partial charge in [-0.15, -0.1) is 0 Å². The van der Waals surface area contributed by atoms with Crippen molar-refractivity contribution < 1.29 is 9.53 Å². The smallest absolute Gasteiger partial charge is 0.224 e. The molecule has 24 heavy (non-hydrogen) atoms. The fourth-order valence-electron chi connectivity index (χ4n) is 3.67. The van der Waals surface area contributed by atoms with Gasteiger partial charge in [-0.3, -0.25) is 4.79 Å². The highest BCUT2D eigenvalue weighted by Crippen LogP contribution is 2.36. The molecule has 0 aromatic heterocycles. The molecule has 1 saturated heterocycles. The Balaban J connectivity index is 2.15. The second-order valence-electron chi connectivity index (χ2n) is 6.62. The van der Waals surface area contributed by atoms with Crippen LogP contribution in [0.5, 0.6) is 5.75 Å². The van der Waals surface area contributed by atoms with Gasteiger partial charge in [-0.2, -0.15) is 0 Å². The minimum absolute atomic E-state index is 0.223. The van der Waals surface area contributed by atoms with Crippen LogP contribution in [0.4, 0.5) is 0 Å². The van der Waals surface area contributed by atoms with Crippen molar-refractivity contribution in [3.63, 3.8) is 0 Å². The first-order valence-electron chi connectivity index (χ1n) is 9.00. The molecule has 1 heterocycles. The molecule has 1 aromatic carbocycles. The first-order valence-corrected chi connectivity index (χ1v) is 9.00. The number of ether oxygens (including phenoxy) is 1. The molecule has 134 valence electrons. The minimum atomic E-state index is -0.259. The van der Waals surface area contributed by atoms with E-state index in [-0.39, 0.29) is 11.8 Å². The lowest BCUT2D eigenvalue weighted by Gasteiger charge is -2.33. The van der Waals surface area contributed by atoms with Gasteiger partial charge in [0.15, 0.2) is 0 Å². The van der Waals surface area contributed by atoms with E-state index >= 15 is 0 Å². The van der Waals surface area contributed by atoms with Gasteiger partial charge in [-0.1, -0.05) is 19.1 Å². The Hall–Kier alpha value is -1.59. The van der Waals surface area contributed by atoms with Gasteiger partial charge in [0.2, 0.25) is 5.91 Å². The van der Waals surface area contributed by atoms with Crippen molar-refractivity contribution in [3.8, 4) is 5.75 Å². The van der Waals surface area contributed by atoms with Gasteiger partial charge < -0.3 is 21.1 Å². The Morgan fingerprint density at radius 2 is 2.08 bits per heavy atom. The van der Waals surface area contributed by atoms with E-state index in [2.05, 4.69) is 11.0 Å². The van der Waals surface area contributed by atoms with E-state index in [9.17, 15) is 4.79 Å². The molecule has 1 unspecified atom stereocenters. The number of rotatable bonds is 8. The Labute approximate surface area is 145 Å². The summed E-state index contributed by atoms with van der Waals surface area (Å²) in [5.74, 6) is 0.905. The molecule has 5 heteroatoms. The van der Waals surface area contributed by atoms with E-state index in [0.29, 0.717) is 5.92 Å². The molecule has 4 N–H and O–H groups in total. The zero-order chi connectivity index (χ0) is 17.5. The number of likely N-dealkylation sites (tertiary alicyclic amines) is 1. The lowest BCUT2D eigenvalue weighted by Crippen LogP contribution is -2.34. The number of hydrogen-bond donors (Lipinski definition) is 2. The Morgan fingerprint density at radius 3 is 2.62 bits per heavy atom. The molecule has 0 spiro atoms. The number of piperidine rings is 1. The van der Waals surface area contributed by atoms with Crippen molar-refractivity contribution in [1.29, 1.82) is 0 Å². The lowest BCUT2D eigenvalue weighted by atomic mass is 9.85. The molecule has 0 bridgehead atoms. The van der Waals surface area contributed by atoms with Crippen LogP contribution < -0.4 is 16.2 Å². The van der Waals surface area contributed by atoms with Crippen LogP contribution in [0, 0.1) is 0 Å². The van der Waals surface area contributed by atoms with Crippen molar-refractivity contribution >= 4 is 5.91 Å². The molecule has 1 aromatic rings. The number of methoxy groups -OCH3 is 1. The van der Waals surface area contributed by atoms with Crippen LogP contribution in [-0.2, 0) is 4.79 Å². The lowest BCUT2D eigenvalue weighted by molar-refractivity contribution is -0.119. The predicted molar refractivity (Wildman–Crippen MR) is 97.3 cm³/mol. The first kappa shape index (κ1) is 18.7. The number of benzene rings is 1. The number of amides is 1. The molecular weight excluding hydrogens is 302 g/mol. The number of nitrogens with two attached hydrogens (primary N) is 2. The van der Waals surface area contributed by atoms with E-state index < -0.39 is 0 Å². The van der Waals surface area contributed by atoms with Gasteiger partial charge in [0.25, 0.3) is 0 Å². The van der Waals surface area contributed by atoms with Crippen molar-refractivity contribution in [2.75, 3.05) is 33.3 Å². The largest absolute Gasteiger partial charge is 0.496 e. The minimum Gasteiger partial charge on any atom is -0.496 e. The number of primary amides is 1. The number of hydrogen-bond acceptors (Lipinski definition) is 4. The van der Waals surface area contributed by atoms with Crippen molar-refractivity contribution in [3.05, 3.63) is 29.3 Å². The first-order chi connectivity index (χ1) is 11.6. The van der Waals surface area contributed by atoms with Crippen LogP contribution in [0.3, 0.4) is 0 Å². The average Bonchev–Trinajstić information content (AvgIpc) is 2.60. The standard InChI is InChI=1S/C19H31N3O2/c1-3-16(19(21)23)15-5-6-18(24-2)17(13-15)14-7-11-22(12-8-14)10-4-9-20/h5-6,13-14,16H,3-4,7-12,20H2,1-2H3,(H2,21,23). The summed E-state index contributed by atoms with van der Waals surface area (Å²) < 4.78 is 5.57. The van der Waals surface area contributed by atoms with Gasteiger partial charge >= 0.3 is 0 Å². The second kappa shape index (κ2) is 9.04. The quantitative estimate of drug-likeness (QED) is 0.764. The Bertz CT molecular complexity index is 539. The summed E-state index contributed by atoms with van der Waals surface area (Å²) in [6.45, 7) is 6.01. The highest BCUT2D eigenvalue weighted by molar-refractivity contribution is 5.82. The van der Waals surface area contributed by atoms with Crippen LogP contribution in [0.2, 0.25) is 0 Å². The summed E-state index contributed by atoms with van der Waals surface area (Å²) in [5.41, 5.74) is 13.4. The fraction of sp³-hybridized carbons (Fsp3) is 0.632. The molecule has 1 aliphatic rings. The predicted octanol–water partition coefficient (Wildman–Crippen LogP) is 2.20. The maximum Gasteiger partial charge on any atom is 0.224 e. The van der Waals surface area contributed by atoms with E-state index in [0.717, 1.165) is 63.2 Å². The van der Waals surface area contributed by atoms with Gasteiger partial charge in [0.05, 0.1) is 13.0 Å². The maximum atomic E-state index is 11.7. The molecule has 0 saturated carbocycles. The zero-order valence-corrected chi connectivity index (χ0v) is 15.0. The molecule has 1 fully saturated rings. The van der Waals surface area contributed by atoms with Gasteiger partial charge in [-0.25, -0.2) is 0 Å². The van der Waals surface area contributed by atoms with Gasteiger partial charge in [0, 0.05) is 0 Å². The average molecular weight is 333 g/mol.